The zero-order valence-electron chi connectivity index (χ0n) is 18.3. The van der Waals surface area contributed by atoms with Gasteiger partial charge in [0.2, 0.25) is 0 Å². The summed E-state index contributed by atoms with van der Waals surface area (Å²) in [6, 6.07) is 12.7. The van der Waals surface area contributed by atoms with Gasteiger partial charge in [-0.3, -0.25) is 4.79 Å². The number of fused-ring (bicyclic) bond motifs is 1. The molecule has 1 saturated carbocycles. The summed E-state index contributed by atoms with van der Waals surface area (Å²) in [4.78, 5) is 11.4. The molecule has 0 aliphatic heterocycles. The summed E-state index contributed by atoms with van der Waals surface area (Å²) < 4.78 is 11.2. The van der Waals surface area contributed by atoms with Crippen molar-refractivity contribution in [3.63, 3.8) is 0 Å². The normalized spacial score (nSPS) is 19.9. The van der Waals surface area contributed by atoms with E-state index in [1.807, 2.05) is 6.92 Å². The molecule has 0 unspecified atom stereocenters. The number of carbonyl (C=O) groups is 1. The van der Waals surface area contributed by atoms with Gasteiger partial charge in [0.15, 0.2) is 0 Å². The van der Waals surface area contributed by atoms with Crippen molar-refractivity contribution in [1.82, 2.24) is 5.32 Å². The largest absolute Gasteiger partial charge is 0.490 e. The van der Waals surface area contributed by atoms with Crippen LogP contribution in [0.15, 0.2) is 36.4 Å². The van der Waals surface area contributed by atoms with Gasteiger partial charge >= 0.3 is 5.97 Å². The molecule has 2 aromatic carbocycles. The topological polar surface area (TPSA) is 47.6 Å². The minimum atomic E-state index is -0.216. The first kappa shape index (κ1) is 21.6. The van der Waals surface area contributed by atoms with Crippen LogP contribution in [0.2, 0.25) is 0 Å². The van der Waals surface area contributed by atoms with E-state index in [0.717, 1.165) is 30.1 Å². The number of nitrogens with one attached hydrogen (secondary N) is 1. The maximum atomic E-state index is 11.4. The molecule has 158 valence electrons. The van der Waals surface area contributed by atoms with E-state index in [2.05, 4.69) is 62.5 Å². The summed E-state index contributed by atoms with van der Waals surface area (Å²) in [7, 11) is 0. The van der Waals surface area contributed by atoms with Crippen LogP contribution in [-0.4, -0.2) is 25.2 Å². The molecule has 1 fully saturated rings. The molecular weight excluding hydrogens is 362 g/mol. The van der Waals surface area contributed by atoms with Crippen molar-refractivity contribution < 1.29 is 14.3 Å². The van der Waals surface area contributed by atoms with Crippen LogP contribution in [0.1, 0.15) is 58.9 Å². The lowest BCUT2D eigenvalue weighted by molar-refractivity contribution is -0.142. The Morgan fingerprint density at radius 2 is 1.72 bits per heavy atom. The number of ether oxygens (including phenoxy) is 2. The first-order valence-electron chi connectivity index (χ1n) is 10.9. The fraction of sp³-hybridized carbons (Fsp3) is 0.560. The van der Waals surface area contributed by atoms with E-state index in [9.17, 15) is 4.79 Å². The van der Waals surface area contributed by atoms with Gasteiger partial charge in [0.25, 0.3) is 0 Å². The zero-order chi connectivity index (χ0) is 20.9. The molecular formula is C25H35NO3. The summed E-state index contributed by atoms with van der Waals surface area (Å²) in [5.41, 5.74) is 1.55. The summed E-state index contributed by atoms with van der Waals surface area (Å²) in [5.74, 6) is 1.55. The molecule has 0 spiro atoms. The van der Waals surface area contributed by atoms with E-state index in [1.54, 1.807) is 0 Å². The van der Waals surface area contributed by atoms with Gasteiger partial charge in [-0.25, -0.2) is 0 Å². The molecule has 4 nitrogen and oxygen atoms in total. The quantitative estimate of drug-likeness (QED) is 0.629. The molecule has 1 aliphatic rings. The minimum Gasteiger partial charge on any atom is -0.490 e. The molecule has 3 rings (SSSR count). The Hall–Kier alpha value is -2.07. The zero-order valence-corrected chi connectivity index (χ0v) is 18.3. The van der Waals surface area contributed by atoms with Crippen LogP contribution in [0.5, 0.6) is 5.75 Å². The summed E-state index contributed by atoms with van der Waals surface area (Å²) >= 11 is 0. The van der Waals surface area contributed by atoms with Crippen LogP contribution in [0.25, 0.3) is 10.8 Å². The number of hydrogen-bond donors (Lipinski definition) is 1. The second-order valence-corrected chi connectivity index (χ2v) is 9.21. The van der Waals surface area contributed by atoms with Crippen LogP contribution in [0, 0.1) is 11.3 Å². The van der Waals surface area contributed by atoms with E-state index in [4.69, 9.17) is 9.47 Å². The first-order valence-corrected chi connectivity index (χ1v) is 10.9. The van der Waals surface area contributed by atoms with Gasteiger partial charge < -0.3 is 14.8 Å². The standard InChI is InChI=1S/C25H35NO3/c1-5-28-24(27)17-26-16-18-6-7-20-15-23(11-8-19(20)14-18)29-22-12-9-21(10-13-22)25(2,3)4/h6-8,11,14-15,21-22,26H,5,9-10,12-13,16-17H2,1-4H3. The van der Waals surface area contributed by atoms with Crippen LogP contribution < -0.4 is 10.1 Å². The summed E-state index contributed by atoms with van der Waals surface area (Å²) in [6.45, 7) is 10.2. The van der Waals surface area contributed by atoms with Crippen molar-refractivity contribution in [3.05, 3.63) is 42.0 Å². The number of rotatable bonds is 7. The Balaban J connectivity index is 1.55. The summed E-state index contributed by atoms with van der Waals surface area (Å²) in [6.07, 6.45) is 5.13. The molecule has 0 saturated heterocycles. The lowest BCUT2D eigenvalue weighted by Gasteiger charge is -2.37. The average Bonchev–Trinajstić information content (AvgIpc) is 2.68. The summed E-state index contributed by atoms with van der Waals surface area (Å²) in [5, 5.41) is 5.50. The Bertz CT molecular complexity index is 816. The van der Waals surface area contributed by atoms with Gasteiger partial charge in [0, 0.05) is 6.54 Å². The molecule has 1 N–H and O–H groups in total. The molecule has 4 heteroatoms. The third kappa shape index (κ3) is 6.20. The first-order chi connectivity index (χ1) is 13.8. The van der Waals surface area contributed by atoms with Gasteiger partial charge in [-0.2, -0.15) is 0 Å². The predicted octanol–water partition coefficient (Wildman–Crippen LogP) is 5.48. The SMILES string of the molecule is CCOC(=O)CNCc1ccc2cc(OC3CCC(C(C)(C)C)CC3)ccc2c1. The second kappa shape index (κ2) is 9.62. The van der Waals surface area contributed by atoms with E-state index in [0.29, 0.717) is 24.7 Å². The van der Waals surface area contributed by atoms with Crippen molar-refractivity contribution in [2.75, 3.05) is 13.2 Å². The van der Waals surface area contributed by atoms with Gasteiger partial charge in [-0.05, 0) is 78.5 Å². The molecule has 0 radical (unpaired) electrons. The van der Waals surface area contributed by atoms with Crippen molar-refractivity contribution in [2.45, 2.75) is 66.0 Å². The minimum absolute atomic E-state index is 0.216. The maximum Gasteiger partial charge on any atom is 0.319 e. The molecule has 0 bridgehead atoms. The number of esters is 1. The fourth-order valence-electron chi connectivity index (χ4n) is 4.22. The van der Waals surface area contributed by atoms with Crippen LogP contribution in [0.3, 0.4) is 0 Å². The monoisotopic (exact) mass is 397 g/mol. The molecule has 0 heterocycles. The van der Waals surface area contributed by atoms with Crippen molar-refractivity contribution in [2.24, 2.45) is 11.3 Å². The predicted molar refractivity (Wildman–Crippen MR) is 118 cm³/mol. The van der Waals surface area contributed by atoms with Crippen LogP contribution in [0.4, 0.5) is 0 Å². The Kier molecular flexibility index (Phi) is 7.18. The van der Waals surface area contributed by atoms with E-state index >= 15 is 0 Å². The molecule has 0 aromatic heterocycles. The van der Waals surface area contributed by atoms with E-state index < -0.39 is 0 Å². The van der Waals surface area contributed by atoms with E-state index in [1.165, 1.54) is 23.6 Å². The Labute approximate surface area is 175 Å². The van der Waals surface area contributed by atoms with Crippen molar-refractivity contribution >= 4 is 16.7 Å². The Morgan fingerprint density at radius 3 is 2.41 bits per heavy atom. The van der Waals surface area contributed by atoms with Crippen molar-refractivity contribution in [1.29, 1.82) is 0 Å². The molecule has 1 aliphatic carbocycles. The highest BCUT2D eigenvalue weighted by Crippen LogP contribution is 2.39. The lowest BCUT2D eigenvalue weighted by atomic mass is 9.72. The second-order valence-electron chi connectivity index (χ2n) is 9.21. The molecule has 0 atom stereocenters. The smallest absolute Gasteiger partial charge is 0.319 e. The van der Waals surface area contributed by atoms with Crippen LogP contribution in [-0.2, 0) is 16.1 Å². The number of carbonyl (C=O) groups excluding carboxylic acids is 1. The fourth-order valence-corrected chi connectivity index (χ4v) is 4.22. The van der Waals surface area contributed by atoms with Gasteiger partial charge in [0.05, 0.1) is 19.3 Å². The molecule has 0 amide bonds. The highest BCUT2D eigenvalue weighted by Gasteiger charge is 2.30. The Morgan fingerprint density at radius 1 is 1.03 bits per heavy atom. The number of hydrogen-bond acceptors (Lipinski definition) is 4. The number of benzene rings is 2. The van der Waals surface area contributed by atoms with Crippen molar-refractivity contribution in [3.8, 4) is 5.75 Å². The van der Waals surface area contributed by atoms with E-state index in [-0.39, 0.29) is 12.5 Å². The molecule has 2 aromatic rings. The maximum absolute atomic E-state index is 11.4. The third-order valence-electron chi connectivity index (χ3n) is 5.98. The lowest BCUT2D eigenvalue weighted by Crippen LogP contribution is -2.30. The third-order valence-corrected chi connectivity index (χ3v) is 5.98. The van der Waals surface area contributed by atoms with Gasteiger partial charge in [-0.1, -0.05) is 39.0 Å². The highest BCUT2D eigenvalue weighted by atomic mass is 16.5. The van der Waals surface area contributed by atoms with Gasteiger partial charge in [-0.15, -0.1) is 0 Å². The highest BCUT2D eigenvalue weighted by molar-refractivity contribution is 5.84. The van der Waals surface area contributed by atoms with Crippen LogP contribution >= 0.6 is 0 Å². The average molecular weight is 398 g/mol. The molecule has 29 heavy (non-hydrogen) atoms. The van der Waals surface area contributed by atoms with Gasteiger partial charge in [0.1, 0.15) is 5.75 Å².